The van der Waals surface area contributed by atoms with E-state index in [-0.39, 0.29) is 18.2 Å². The van der Waals surface area contributed by atoms with E-state index in [2.05, 4.69) is 21.8 Å². The van der Waals surface area contributed by atoms with Crippen LogP contribution in [0.4, 0.5) is 0 Å². The van der Waals surface area contributed by atoms with Gasteiger partial charge in [0.25, 0.3) is 5.91 Å². The average Bonchev–Trinajstić information content (AvgIpc) is 3.20. The molecule has 2 unspecified atom stereocenters. The number of hydrogen-bond acceptors (Lipinski definition) is 4. The Hall–Kier alpha value is -2.38. The highest BCUT2D eigenvalue weighted by atomic mass is 16.4. The molecular weight excluding hydrogens is 368 g/mol. The maximum atomic E-state index is 13.2. The Morgan fingerprint density at radius 2 is 1.93 bits per heavy atom. The molecule has 156 valence electrons. The lowest BCUT2D eigenvalue weighted by Crippen LogP contribution is -2.57. The minimum absolute atomic E-state index is 0.0404. The van der Waals surface area contributed by atoms with E-state index < -0.39 is 5.97 Å². The zero-order chi connectivity index (χ0) is 20.4. The molecule has 4 rings (SSSR count). The Kier molecular flexibility index (Phi) is 5.87. The standard InChI is InChI=1S/C22H30N4O3/c1-24-10-12-25(13-11-24)20-7-9-26(15-18(20)4-5-21(27)28)22(29)17-3-2-16-6-8-23-19(16)14-17/h2-3,6,8,14,18,20,23H,4-5,7,9-13,15H2,1H3,(H,27,28). The average molecular weight is 399 g/mol. The highest BCUT2D eigenvalue weighted by molar-refractivity contribution is 5.98. The van der Waals surface area contributed by atoms with E-state index in [0.717, 1.165) is 50.0 Å². The second-order valence-corrected chi connectivity index (χ2v) is 8.42. The Bertz CT molecular complexity index is 872. The Morgan fingerprint density at radius 1 is 1.14 bits per heavy atom. The van der Waals surface area contributed by atoms with Gasteiger partial charge >= 0.3 is 5.97 Å². The van der Waals surface area contributed by atoms with Crippen molar-refractivity contribution >= 4 is 22.8 Å². The Labute approximate surface area is 171 Å². The van der Waals surface area contributed by atoms with E-state index in [1.165, 1.54) is 0 Å². The lowest BCUT2D eigenvalue weighted by Gasteiger charge is -2.46. The van der Waals surface area contributed by atoms with Crippen molar-refractivity contribution in [3.63, 3.8) is 0 Å². The normalized spacial score (nSPS) is 24.1. The molecule has 3 heterocycles. The van der Waals surface area contributed by atoms with Gasteiger partial charge in [-0.3, -0.25) is 14.5 Å². The van der Waals surface area contributed by atoms with Crippen LogP contribution in [0.5, 0.6) is 0 Å². The van der Waals surface area contributed by atoms with Gasteiger partial charge in [-0.25, -0.2) is 0 Å². The molecule has 2 fully saturated rings. The van der Waals surface area contributed by atoms with Gasteiger partial charge < -0.3 is 19.9 Å². The first-order chi connectivity index (χ1) is 14.0. The number of piperazine rings is 1. The quantitative estimate of drug-likeness (QED) is 0.806. The van der Waals surface area contributed by atoms with Crippen LogP contribution in [0.25, 0.3) is 10.9 Å². The molecule has 0 aliphatic carbocycles. The number of hydrogen-bond donors (Lipinski definition) is 2. The van der Waals surface area contributed by atoms with Crippen molar-refractivity contribution in [2.24, 2.45) is 5.92 Å². The van der Waals surface area contributed by atoms with Gasteiger partial charge in [0.15, 0.2) is 0 Å². The van der Waals surface area contributed by atoms with Crippen molar-refractivity contribution in [1.82, 2.24) is 19.7 Å². The molecule has 7 heteroatoms. The van der Waals surface area contributed by atoms with Gasteiger partial charge in [-0.15, -0.1) is 0 Å². The summed E-state index contributed by atoms with van der Waals surface area (Å²) in [5, 5.41) is 10.3. The first kappa shape index (κ1) is 19.9. The largest absolute Gasteiger partial charge is 0.481 e. The number of nitrogens with zero attached hydrogens (tertiary/aromatic N) is 3. The van der Waals surface area contributed by atoms with Crippen molar-refractivity contribution in [3.8, 4) is 0 Å². The van der Waals surface area contributed by atoms with Crippen LogP contribution in [0.3, 0.4) is 0 Å². The number of piperidine rings is 1. The molecule has 0 saturated carbocycles. The first-order valence-corrected chi connectivity index (χ1v) is 10.5. The van der Waals surface area contributed by atoms with Gasteiger partial charge in [0, 0.05) is 69.0 Å². The van der Waals surface area contributed by atoms with Crippen molar-refractivity contribution in [3.05, 3.63) is 36.0 Å². The second kappa shape index (κ2) is 8.55. The number of aromatic amines is 1. The molecule has 0 radical (unpaired) electrons. The van der Waals surface area contributed by atoms with Crippen LogP contribution >= 0.6 is 0 Å². The molecule has 2 aliphatic rings. The van der Waals surface area contributed by atoms with Crippen molar-refractivity contribution in [2.45, 2.75) is 25.3 Å². The summed E-state index contributed by atoms with van der Waals surface area (Å²) >= 11 is 0. The topological polar surface area (TPSA) is 79.9 Å². The summed E-state index contributed by atoms with van der Waals surface area (Å²) in [6.07, 6.45) is 3.56. The van der Waals surface area contributed by atoms with E-state index in [0.29, 0.717) is 24.6 Å². The number of H-pyrrole nitrogens is 1. The van der Waals surface area contributed by atoms with Gasteiger partial charge in [-0.2, -0.15) is 0 Å². The maximum Gasteiger partial charge on any atom is 0.303 e. The van der Waals surface area contributed by atoms with Gasteiger partial charge in [-0.1, -0.05) is 6.07 Å². The monoisotopic (exact) mass is 398 g/mol. The number of likely N-dealkylation sites (tertiary alicyclic amines) is 1. The van der Waals surface area contributed by atoms with Crippen LogP contribution in [-0.2, 0) is 4.79 Å². The number of fused-ring (bicyclic) bond motifs is 1. The molecule has 29 heavy (non-hydrogen) atoms. The van der Waals surface area contributed by atoms with E-state index in [9.17, 15) is 14.7 Å². The van der Waals surface area contributed by atoms with Gasteiger partial charge in [0.05, 0.1) is 0 Å². The highest BCUT2D eigenvalue weighted by Gasteiger charge is 2.36. The van der Waals surface area contributed by atoms with Crippen LogP contribution < -0.4 is 0 Å². The number of amides is 1. The molecule has 2 N–H and O–H groups in total. The smallest absolute Gasteiger partial charge is 0.303 e. The molecule has 1 amide bonds. The second-order valence-electron chi connectivity index (χ2n) is 8.42. The van der Waals surface area contributed by atoms with Crippen LogP contribution in [0.2, 0.25) is 0 Å². The van der Waals surface area contributed by atoms with E-state index in [1.54, 1.807) is 0 Å². The molecule has 7 nitrogen and oxygen atoms in total. The first-order valence-electron chi connectivity index (χ1n) is 10.5. The van der Waals surface area contributed by atoms with Crippen molar-refractivity contribution < 1.29 is 14.7 Å². The third-order valence-corrected chi connectivity index (χ3v) is 6.52. The number of carbonyl (C=O) groups excluding carboxylic acids is 1. The predicted molar refractivity (Wildman–Crippen MR) is 112 cm³/mol. The van der Waals surface area contributed by atoms with Crippen LogP contribution in [0, 0.1) is 5.92 Å². The minimum Gasteiger partial charge on any atom is -0.481 e. The highest BCUT2D eigenvalue weighted by Crippen LogP contribution is 2.28. The lowest BCUT2D eigenvalue weighted by molar-refractivity contribution is -0.137. The number of carboxylic acid groups (broad SMARTS) is 1. The molecule has 2 atom stereocenters. The minimum atomic E-state index is -0.761. The number of aliphatic carboxylic acids is 1. The fourth-order valence-corrected chi connectivity index (χ4v) is 4.79. The Balaban J connectivity index is 1.47. The van der Waals surface area contributed by atoms with Crippen LogP contribution in [0.1, 0.15) is 29.6 Å². The summed E-state index contributed by atoms with van der Waals surface area (Å²) in [7, 11) is 2.14. The molecule has 2 saturated heterocycles. The number of benzene rings is 1. The van der Waals surface area contributed by atoms with Crippen LogP contribution in [0.15, 0.2) is 30.5 Å². The summed E-state index contributed by atoms with van der Waals surface area (Å²) in [5.74, 6) is -0.525. The lowest BCUT2D eigenvalue weighted by atomic mass is 9.86. The number of carbonyl (C=O) groups is 2. The maximum absolute atomic E-state index is 13.2. The van der Waals surface area contributed by atoms with E-state index >= 15 is 0 Å². The fraction of sp³-hybridized carbons (Fsp3) is 0.545. The van der Waals surface area contributed by atoms with Crippen molar-refractivity contribution in [1.29, 1.82) is 0 Å². The molecule has 0 spiro atoms. The number of likely N-dealkylation sites (N-methyl/N-ethyl adjacent to an activating group) is 1. The van der Waals surface area contributed by atoms with E-state index in [1.807, 2.05) is 35.4 Å². The Morgan fingerprint density at radius 3 is 2.69 bits per heavy atom. The SMILES string of the molecule is CN1CCN(C2CCN(C(=O)c3ccc4cc[nH]c4c3)CC2CCC(=O)O)CC1. The third kappa shape index (κ3) is 4.46. The predicted octanol–water partition coefficient (Wildman–Crippen LogP) is 2.11. The third-order valence-electron chi connectivity index (χ3n) is 6.52. The molecule has 0 bridgehead atoms. The summed E-state index contributed by atoms with van der Waals surface area (Å²) < 4.78 is 0. The fourth-order valence-electron chi connectivity index (χ4n) is 4.79. The van der Waals surface area contributed by atoms with Gasteiger partial charge in [0.1, 0.15) is 0 Å². The zero-order valence-electron chi connectivity index (χ0n) is 17.0. The summed E-state index contributed by atoms with van der Waals surface area (Å²) in [6.45, 7) is 5.47. The number of carboxylic acids is 1. The van der Waals surface area contributed by atoms with E-state index in [4.69, 9.17) is 0 Å². The molecule has 1 aromatic heterocycles. The molecule has 2 aliphatic heterocycles. The molecular formula is C22H30N4O3. The zero-order valence-corrected chi connectivity index (χ0v) is 17.0. The molecule has 1 aromatic carbocycles. The van der Waals surface area contributed by atoms with Gasteiger partial charge in [-0.05, 0) is 49.4 Å². The summed E-state index contributed by atoms with van der Waals surface area (Å²) in [4.78, 5) is 34.3. The van der Waals surface area contributed by atoms with Crippen LogP contribution in [-0.4, -0.2) is 89.0 Å². The number of aromatic nitrogens is 1. The molecule has 2 aromatic rings. The van der Waals surface area contributed by atoms with Crippen molar-refractivity contribution in [2.75, 3.05) is 46.3 Å². The van der Waals surface area contributed by atoms with Gasteiger partial charge in [0.2, 0.25) is 0 Å². The summed E-state index contributed by atoms with van der Waals surface area (Å²) in [5.41, 5.74) is 1.65. The number of nitrogens with one attached hydrogen (secondary N) is 1. The number of rotatable bonds is 5. The summed E-state index contributed by atoms with van der Waals surface area (Å²) in [6, 6.07) is 8.12.